The summed E-state index contributed by atoms with van der Waals surface area (Å²) < 4.78 is 26.5. The molecule has 0 spiro atoms. The summed E-state index contributed by atoms with van der Waals surface area (Å²) in [4.78, 5) is 0. The van der Waals surface area contributed by atoms with Crippen molar-refractivity contribution in [1.29, 1.82) is 0 Å². The molecule has 0 atom stereocenters. The fraction of sp³-hybridized carbons (Fsp3) is 0.440. The van der Waals surface area contributed by atoms with Crippen LogP contribution in [0.5, 0.6) is 0 Å². The summed E-state index contributed by atoms with van der Waals surface area (Å²) >= 11 is 0. The lowest BCUT2D eigenvalue weighted by molar-refractivity contribution is 0.299. The van der Waals surface area contributed by atoms with Gasteiger partial charge in [0.25, 0.3) is 0 Å². The average molecular weight is 397 g/mol. The first-order valence-corrected chi connectivity index (χ1v) is 10.8. The van der Waals surface area contributed by atoms with Crippen molar-refractivity contribution >= 4 is 11.9 Å². The van der Waals surface area contributed by atoms with E-state index >= 15 is 0 Å². The lowest BCUT2D eigenvalue weighted by Crippen LogP contribution is -2.22. The maximum atomic E-state index is 13.4. The highest BCUT2D eigenvalue weighted by atomic mass is 19.2. The minimum atomic E-state index is -0.873. The van der Waals surface area contributed by atoms with E-state index in [1.165, 1.54) is 50.8 Å². The van der Waals surface area contributed by atoms with Crippen molar-refractivity contribution in [2.75, 3.05) is 0 Å². The first-order valence-electron chi connectivity index (χ1n) is 10.8. The Labute approximate surface area is 172 Å². The van der Waals surface area contributed by atoms with Gasteiger partial charge in [-0.15, -0.1) is 0 Å². The van der Waals surface area contributed by atoms with Gasteiger partial charge in [0, 0.05) is 5.92 Å². The van der Waals surface area contributed by atoms with E-state index in [2.05, 4.69) is 29.3 Å². The Balaban J connectivity index is 1.71. The van der Waals surface area contributed by atoms with Crippen LogP contribution in [0, 0.1) is 23.5 Å². The van der Waals surface area contributed by atoms with Crippen LogP contribution in [0.2, 0.25) is 0 Å². The Morgan fingerprint density at radius 3 is 2.41 bits per heavy atom. The first kappa shape index (κ1) is 21.4. The van der Waals surface area contributed by atoms with Crippen LogP contribution in [0.3, 0.4) is 0 Å². The first-order chi connectivity index (χ1) is 14.2. The second-order valence-electron chi connectivity index (χ2n) is 7.98. The van der Waals surface area contributed by atoms with Crippen LogP contribution in [0.1, 0.15) is 69.4 Å². The zero-order valence-electron chi connectivity index (χ0n) is 17.2. The highest BCUT2D eigenvalue weighted by Gasteiger charge is 2.25. The normalized spacial score (nSPS) is 20.3. The van der Waals surface area contributed by atoms with Crippen LogP contribution < -0.4 is 0 Å². The Morgan fingerprint density at radius 2 is 1.72 bits per heavy atom. The minimum Gasteiger partial charge on any atom is -0.204 e. The van der Waals surface area contributed by atoms with Crippen molar-refractivity contribution in [1.82, 2.24) is 0 Å². The number of unbranched alkanes of at least 4 members (excludes halogenated alkanes) is 2. The van der Waals surface area contributed by atoms with Gasteiger partial charge in [0.2, 0.25) is 0 Å². The molecule has 1 aliphatic carbocycles. The van der Waals surface area contributed by atoms with Gasteiger partial charge in [-0.2, -0.15) is 10.2 Å². The lowest BCUT2D eigenvalue weighted by Gasteiger charge is -2.29. The largest absolute Gasteiger partial charge is 0.204 e. The smallest absolute Gasteiger partial charge is 0.159 e. The van der Waals surface area contributed by atoms with Gasteiger partial charge < -0.3 is 0 Å². The van der Waals surface area contributed by atoms with E-state index in [1.807, 2.05) is 18.2 Å². The molecule has 0 aromatic heterocycles. The van der Waals surface area contributed by atoms with Gasteiger partial charge in [-0.1, -0.05) is 69.0 Å². The van der Waals surface area contributed by atoms with E-state index < -0.39 is 11.6 Å². The van der Waals surface area contributed by atoms with E-state index in [9.17, 15) is 8.78 Å². The van der Waals surface area contributed by atoms with E-state index in [-0.39, 0.29) is 0 Å². The molecule has 2 aromatic rings. The van der Waals surface area contributed by atoms with E-state index in [0.717, 1.165) is 42.2 Å². The van der Waals surface area contributed by atoms with Gasteiger partial charge in [0.15, 0.2) is 11.6 Å². The molecule has 0 heterocycles. The van der Waals surface area contributed by atoms with E-state index in [0.29, 0.717) is 11.5 Å². The zero-order valence-corrected chi connectivity index (χ0v) is 17.2. The molecule has 0 aliphatic heterocycles. The van der Waals surface area contributed by atoms with E-state index in [1.54, 1.807) is 0 Å². The Bertz CT molecular complexity index is 822. The maximum Gasteiger partial charge on any atom is 0.159 e. The summed E-state index contributed by atoms with van der Waals surface area (Å²) in [6.45, 7) is 2.25. The second-order valence-corrected chi connectivity index (χ2v) is 7.98. The minimum absolute atomic E-state index is 0.391. The number of rotatable bonds is 8. The molecule has 0 N–H and O–H groups in total. The summed E-state index contributed by atoms with van der Waals surface area (Å²) in [6, 6.07) is 13.9. The van der Waals surface area contributed by atoms with Crippen LogP contribution in [0.25, 0.3) is 0 Å². The maximum absolute atomic E-state index is 13.4. The Hall–Kier alpha value is -2.36. The van der Waals surface area contributed by atoms with Crippen LogP contribution in [0.4, 0.5) is 8.78 Å². The molecule has 29 heavy (non-hydrogen) atoms. The molecule has 0 amide bonds. The molecule has 0 bridgehead atoms. The highest BCUT2D eigenvalue weighted by molar-refractivity contribution is 6.02. The second kappa shape index (κ2) is 11.0. The molecule has 0 saturated heterocycles. The summed E-state index contributed by atoms with van der Waals surface area (Å²) in [6.07, 6.45) is 11.5. The van der Waals surface area contributed by atoms with Gasteiger partial charge in [0.1, 0.15) is 0 Å². The molecule has 1 fully saturated rings. The molecule has 2 aromatic carbocycles. The number of hydrogen-bond acceptors (Lipinski definition) is 2. The van der Waals surface area contributed by atoms with Crippen LogP contribution in [-0.2, 0) is 0 Å². The summed E-state index contributed by atoms with van der Waals surface area (Å²) in [5.74, 6) is -0.503. The Morgan fingerprint density at radius 1 is 0.966 bits per heavy atom. The number of halogens is 2. The van der Waals surface area contributed by atoms with Crippen LogP contribution in [-0.4, -0.2) is 11.9 Å². The summed E-state index contributed by atoms with van der Waals surface area (Å²) in [5, 5.41) is 8.75. The molecule has 3 rings (SSSR count). The predicted molar refractivity (Wildman–Crippen MR) is 117 cm³/mol. The zero-order chi connectivity index (χ0) is 20.5. The number of benzene rings is 2. The SMILES string of the molecule is CCCCCC1CCC(C(=NN=Cc2ccc(F)c(F)c2)c2ccccc2)CC1. The third kappa shape index (κ3) is 6.31. The Kier molecular flexibility index (Phi) is 8.09. The van der Waals surface area contributed by atoms with Crippen molar-refractivity contribution in [3.05, 3.63) is 71.3 Å². The van der Waals surface area contributed by atoms with Crippen LogP contribution >= 0.6 is 0 Å². The quantitative estimate of drug-likeness (QED) is 0.257. The molecule has 0 unspecified atom stereocenters. The van der Waals surface area contributed by atoms with Gasteiger partial charge >= 0.3 is 0 Å². The molecule has 4 heteroatoms. The highest BCUT2D eigenvalue weighted by Crippen LogP contribution is 2.34. The molecule has 0 radical (unpaired) electrons. The molecule has 154 valence electrons. The van der Waals surface area contributed by atoms with Gasteiger partial charge in [-0.25, -0.2) is 8.78 Å². The summed E-state index contributed by atoms with van der Waals surface area (Å²) in [7, 11) is 0. The fourth-order valence-corrected chi connectivity index (χ4v) is 4.14. The summed E-state index contributed by atoms with van der Waals surface area (Å²) in [5.41, 5.74) is 2.58. The molecular weight excluding hydrogens is 366 g/mol. The van der Waals surface area contributed by atoms with Crippen molar-refractivity contribution in [2.45, 2.75) is 58.3 Å². The number of nitrogens with zero attached hydrogens (tertiary/aromatic N) is 2. The topological polar surface area (TPSA) is 24.7 Å². The predicted octanol–water partition coefficient (Wildman–Crippen LogP) is 7.17. The van der Waals surface area contributed by atoms with E-state index in [4.69, 9.17) is 0 Å². The standard InChI is InChI=1S/C25H30F2N2/c1-2-3-5-8-19-11-14-22(15-12-19)25(21-9-6-4-7-10-21)29-28-18-20-13-16-23(26)24(27)17-20/h4,6-7,9-10,13,16-19,22H,2-3,5,8,11-12,14-15H2,1H3. The molecule has 1 saturated carbocycles. The van der Waals surface area contributed by atoms with Crippen molar-refractivity contribution in [2.24, 2.45) is 22.0 Å². The van der Waals surface area contributed by atoms with Crippen molar-refractivity contribution in [3.63, 3.8) is 0 Å². The molecular formula is C25H30F2N2. The van der Waals surface area contributed by atoms with Gasteiger partial charge in [-0.3, -0.25) is 0 Å². The monoisotopic (exact) mass is 396 g/mol. The van der Waals surface area contributed by atoms with Crippen molar-refractivity contribution < 1.29 is 8.78 Å². The fourth-order valence-electron chi connectivity index (χ4n) is 4.14. The van der Waals surface area contributed by atoms with Gasteiger partial charge in [0.05, 0.1) is 11.9 Å². The third-order valence-electron chi connectivity index (χ3n) is 5.83. The third-order valence-corrected chi connectivity index (χ3v) is 5.83. The average Bonchev–Trinajstić information content (AvgIpc) is 2.75. The lowest BCUT2D eigenvalue weighted by atomic mass is 9.76. The molecule has 2 nitrogen and oxygen atoms in total. The van der Waals surface area contributed by atoms with Crippen molar-refractivity contribution in [3.8, 4) is 0 Å². The van der Waals surface area contributed by atoms with Crippen LogP contribution in [0.15, 0.2) is 58.7 Å². The van der Waals surface area contributed by atoms with Gasteiger partial charge in [-0.05, 0) is 54.9 Å². The number of hydrogen-bond donors (Lipinski definition) is 0. The molecule has 1 aliphatic rings.